The predicted octanol–water partition coefficient (Wildman–Crippen LogP) is 2.86. The Morgan fingerprint density at radius 3 is 2.61 bits per heavy atom. The van der Waals surface area contributed by atoms with Crippen LogP contribution in [0.25, 0.3) is 0 Å². The molecule has 0 aromatic carbocycles. The Hall–Kier alpha value is -1.62. The van der Waals surface area contributed by atoms with Crippen molar-refractivity contribution in [2.75, 3.05) is 11.1 Å². The largest absolute Gasteiger partial charge is 0.384 e. The molecule has 2 rings (SSSR count). The van der Waals surface area contributed by atoms with Crippen LogP contribution in [0.3, 0.4) is 0 Å². The topological polar surface area (TPSA) is 63.8 Å². The fourth-order valence-corrected chi connectivity index (χ4v) is 2.55. The summed E-state index contributed by atoms with van der Waals surface area (Å²) in [5.41, 5.74) is 5.74. The molecule has 18 heavy (non-hydrogen) atoms. The summed E-state index contributed by atoms with van der Waals surface area (Å²) < 4.78 is 0. The van der Waals surface area contributed by atoms with E-state index in [1.165, 1.54) is 9.75 Å². The molecule has 4 nitrogen and oxygen atoms in total. The van der Waals surface area contributed by atoms with Crippen molar-refractivity contribution < 1.29 is 0 Å². The minimum Gasteiger partial charge on any atom is -0.384 e. The standard InChI is InChI=1S/C13H18N4S/c1-3-9-5-6-10(18-9)8-15-13-7-11(14)16-12(4-2)17-13/h5-7H,3-4,8H2,1-2H3,(H3,14,15,16,17). The van der Waals surface area contributed by atoms with Gasteiger partial charge in [0.25, 0.3) is 0 Å². The van der Waals surface area contributed by atoms with Gasteiger partial charge in [-0.15, -0.1) is 11.3 Å². The molecule has 2 aromatic rings. The van der Waals surface area contributed by atoms with Crippen molar-refractivity contribution in [1.82, 2.24) is 9.97 Å². The zero-order chi connectivity index (χ0) is 13.0. The van der Waals surface area contributed by atoms with Crippen LogP contribution >= 0.6 is 11.3 Å². The second kappa shape index (κ2) is 5.82. The number of hydrogen-bond donors (Lipinski definition) is 2. The van der Waals surface area contributed by atoms with Crippen LogP contribution < -0.4 is 11.1 Å². The van der Waals surface area contributed by atoms with Gasteiger partial charge in [-0.1, -0.05) is 13.8 Å². The van der Waals surface area contributed by atoms with Crippen molar-refractivity contribution >= 4 is 23.0 Å². The average Bonchev–Trinajstić information content (AvgIpc) is 2.83. The summed E-state index contributed by atoms with van der Waals surface area (Å²) in [7, 11) is 0. The fourth-order valence-electron chi connectivity index (χ4n) is 1.65. The zero-order valence-corrected chi connectivity index (χ0v) is 11.5. The molecule has 0 spiro atoms. The minimum absolute atomic E-state index is 0.518. The van der Waals surface area contributed by atoms with Gasteiger partial charge in [-0.3, -0.25) is 0 Å². The highest BCUT2D eigenvalue weighted by Gasteiger charge is 2.02. The smallest absolute Gasteiger partial charge is 0.132 e. The van der Waals surface area contributed by atoms with Gasteiger partial charge in [0.05, 0.1) is 6.54 Å². The van der Waals surface area contributed by atoms with Crippen molar-refractivity contribution in [3.63, 3.8) is 0 Å². The third-order valence-corrected chi connectivity index (χ3v) is 3.85. The third-order valence-electron chi connectivity index (χ3n) is 2.62. The highest BCUT2D eigenvalue weighted by Crippen LogP contribution is 2.18. The molecule has 0 aliphatic heterocycles. The first-order chi connectivity index (χ1) is 8.71. The number of nitrogen functional groups attached to an aromatic ring is 1. The van der Waals surface area contributed by atoms with Gasteiger partial charge in [0, 0.05) is 22.2 Å². The van der Waals surface area contributed by atoms with Crippen molar-refractivity contribution in [1.29, 1.82) is 0 Å². The van der Waals surface area contributed by atoms with Crippen molar-refractivity contribution in [3.05, 3.63) is 33.8 Å². The normalized spacial score (nSPS) is 10.6. The Morgan fingerprint density at radius 2 is 1.94 bits per heavy atom. The fraction of sp³-hybridized carbons (Fsp3) is 0.385. The zero-order valence-electron chi connectivity index (χ0n) is 10.7. The quantitative estimate of drug-likeness (QED) is 0.869. The highest BCUT2D eigenvalue weighted by molar-refractivity contribution is 7.12. The summed E-state index contributed by atoms with van der Waals surface area (Å²) in [6, 6.07) is 6.10. The van der Waals surface area contributed by atoms with E-state index >= 15 is 0 Å². The lowest BCUT2D eigenvalue weighted by atomic mass is 10.3. The third kappa shape index (κ3) is 3.20. The summed E-state index contributed by atoms with van der Waals surface area (Å²) >= 11 is 1.83. The Bertz CT molecular complexity index is 521. The SMILES string of the molecule is CCc1nc(N)cc(NCc2ccc(CC)s2)n1. The maximum atomic E-state index is 5.74. The molecule has 2 aromatic heterocycles. The number of aryl methyl sites for hydroxylation is 2. The Kier molecular flexibility index (Phi) is 4.15. The van der Waals surface area contributed by atoms with E-state index in [1.54, 1.807) is 6.07 Å². The Morgan fingerprint density at radius 1 is 1.17 bits per heavy atom. The molecule has 0 radical (unpaired) electrons. The maximum absolute atomic E-state index is 5.74. The van der Waals surface area contributed by atoms with E-state index in [1.807, 2.05) is 18.3 Å². The van der Waals surface area contributed by atoms with Crippen LogP contribution in [0.1, 0.15) is 29.4 Å². The van der Waals surface area contributed by atoms with E-state index < -0.39 is 0 Å². The van der Waals surface area contributed by atoms with Crippen molar-refractivity contribution in [2.45, 2.75) is 33.2 Å². The molecule has 0 aliphatic carbocycles. The minimum atomic E-state index is 0.518. The van der Waals surface area contributed by atoms with Crippen LogP contribution in [-0.2, 0) is 19.4 Å². The predicted molar refractivity (Wildman–Crippen MR) is 76.8 cm³/mol. The Balaban J connectivity index is 2.03. The van der Waals surface area contributed by atoms with Gasteiger partial charge in [-0.25, -0.2) is 9.97 Å². The lowest BCUT2D eigenvalue weighted by Crippen LogP contribution is -2.05. The molecule has 0 amide bonds. The molecule has 0 bridgehead atoms. The second-order valence-electron chi connectivity index (χ2n) is 4.02. The molecule has 96 valence electrons. The molecule has 0 unspecified atom stereocenters. The van der Waals surface area contributed by atoms with E-state index in [2.05, 4.69) is 34.3 Å². The van der Waals surface area contributed by atoms with Crippen LogP contribution in [0.15, 0.2) is 18.2 Å². The number of rotatable bonds is 5. The molecule has 0 aliphatic rings. The Labute approximate surface area is 111 Å². The monoisotopic (exact) mass is 262 g/mol. The first kappa shape index (κ1) is 12.8. The van der Waals surface area contributed by atoms with Gasteiger partial charge in [-0.05, 0) is 18.6 Å². The molecule has 3 N–H and O–H groups in total. The first-order valence-electron chi connectivity index (χ1n) is 6.16. The van der Waals surface area contributed by atoms with E-state index in [9.17, 15) is 0 Å². The lowest BCUT2D eigenvalue weighted by molar-refractivity contribution is 0.939. The van der Waals surface area contributed by atoms with Crippen LogP contribution in [0.2, 0.25) is 0 Å². The molecular formula is C13H18N4S. The van der Waals surface area contributed by atoms with Gasteiger partial charge < -0.3 is 11.1 Å². The van der Waals surface area contributed by atoms with Gasteiger partial charge in [0.1, 0.15) is 17.5 Å². The van der Waals surface area contributed by atoms with E-state index in [0.717, 1.165) is 31.0 Å². The van der Waals surface area contributed by atoms with E-state index in [-0.39, 0.29) is 0 Å². The maximum Gasteiger partial charge on any atom is 0.132 e. The summed E-state index contributed by atoms with van der Waals surface area (Å²) in [4.78, 5) is 11.3. The average molecular weight is 262 g/mol. The number of nitrogens with two attached hydrogens (primary N) is 1. The van der Waals surface area contributed by atoms with Crippen LogP contribution in [0, 0.1) is 0 Å². The molecule has 0 fully saturated rings. The van der Waals surface area contributed by atoms with Gasteiger partial charge in [-0.2, -0.15) is 0 Å². The number of hydrogen-bond acceptors (Lipinski definition) is 5. The molecule has 5 heteroatoms. The van der Waals surface area contributed by atoms with Crippen LogP contribution in [0.4, 0.5) is 11.6 Å². The van der Waals surface area contributed by atoms with Crippen LogP contribution in [0.5, 0.6) is 0 Å². The molecule has 0 atom stereocenters. The second-order valence-corrected chi connectivity index (χ2v) is 5.28. The number of nitrogens with zero attached hydrogens (tertiary/aromatic N) is 2. The van der Waals surface area contributed by atoms with E-state index in [4.69, 9.17) is 5.73 Å². The van der Waals surface area contributed by atoms with Crippen molar-refractivity contribution in [3.8, 4) is 0 Å². The lowest BCUT2D eigenvalue weighted by Gasteiger charge is -2.06. The number of anilines is 2. The number of nitrogens with one attached hydrogen (secondary N) is 1. The summed E-state index contributed by atoms with van der Waals surface area (Å²) in [6.45, 7) is 4.97. The van der Waals surface area contributed by atoms with Crippen molar-refractivity contribution in [2.24, 2.45) is 0 Å². The summed E-state index contributed by atoms with van der Waals surface area (Å²) in [5.74, 6) is 2.09. The number of thiophene rings is 1. The van der Waals surface area contributed by atoms with Gasteiger partial charge in [0.2, 0.25) is 0 Å². The van der Waals surface area contributed by atoms with Gasteiger partial charge >= 0.3 is 0 Å². The summed E-state index contributed by atoms with van der Waals surface area (Å²) in [6.07, 6.45) is 1.88. The van der Waals surface area contributed by atoms with Crippen LogP contribution in [-0.4, -0.2) is 9.97 Å². The number of aromatic nitrogens is 2. The van der Waals surface area contributed by atoms with Gasteiger partial charge in [0.15, 0.2) is 0 Å². The first-order valence-corrected chi connectivity index (χ1v) is 6.97. The summed E-state index contributed by atoms with van der Waals surface area (Å²) in [5, 5.41) is 3.29. The molecular weight excluding hydrogens is 244 g/mol. The molecule has 2 heterocycles. The molecule has 0 saturated carbocycles. The molecule has 0 saturated heterocycles. The van der Waals surface area contributed by atoms with E-state index in [0.29, 0.717) is 5.82 Å². The highest BCUT2D eigenvalue weighted by atomic mass is 32.1.